The van der Waals surface area contributed by atoms with Crippen molar-refractivity contribution in [3.63, 3.8) is 0 Å². The van der Waals surface area contributed by atoms with Crippen molar-refractivity contribution in [3.8, 4) is 0 Å². The van der Waals surface area contributed by atoms with Crippen molar-refractivity contribution < 1.29 is 4.39 Å². The number of halogens is 1. The summed E-state index contributed by atoms with van der Waals surface area (Å²) in [5.41, 5.74) is 2.42. The second kappa shape index (κ2) is 4.84. The number of aromatic nitrogens is 2. The van der Waals surface area contributed by atoms with Crippen LogP contribution in [0.2, 0.25) is 0 Å². The molecule has 1 N–H and O–H groups in total. The number of nitrogens with one attached hydrogen (secondary N) is 1. The van der Waals surface area contributed by atoms with Gasteiger partial charge in [-0.15, -0.1) is 0 Å². The molecule has 0 saturated heterocycles. The van der Waals surface area contributed by atoms with E-state index in [9.17, 15) is 4.39 Å². The Bertz CT molecular complexity index is 624. The van der Waals surface area contributed by atoms with E-state index in [1.54, 1.807) is 6.92 Å². The van der Waals surface area contributed by atoms with Crippen LogP contribution in [0.4, 0.5) is 4.39 Å². The fourth-order valence-electron chi connectivity index (χ4n) is 2.48. The maximum Gasteiger partial charge on any atom is 0.178 e. The number of aromatic amines is 1. The monoisotopic (exact) mass is 266 g/mol. The first-order chi connectivity index (χ1) is 8.40. The molecule has 1 unspecified atom stereocenters. The van der Waals surface area contributed by atoms with E-state index in [-0.39, 0.29) is 5.82 Å². The van der Waals surface area contributed by atoms with Gasteiger partial charge in [0.05, 0.1) is 11.0 Å². The fraction of sp³-hybridized carbons (Fsp3) is 0.500. The predicted molar refractivity (Wildman–Crippen MR) is 76.0 cm³/mol. The highest BCUT2D eigenvalue weighted by Gasteiger charge is 2.14. The van der Waals surface area contributed by atoms with Crippen LogP contribution in [0.3, 0.4) is 0 Å². The van der Waals surface area contributed by atoms with Crippen LogP contribution in [0.15, 0.2) is 12.1 Å². The first kappa shape index (κ1) is 13.3. The molecule has 1 atom stereocenters. The number of fused-ring (bicyclic) bond motifs is 1. The van der Waals surface area contributed by atoms with Gasteiger partial charge in [0.25, 0.3) is 0 Å². The Morgan fingerprint density at radius 2 is 2.00 bits per heavy atom. The second-order valence-electron chi connectivity index (χ2n) is 5.40. The highest BCUT2D eigenvalue weighted by Crippen LogP contribution is 2.25. The summed E-state index contributed by atoms with van der Waals surface area (Å²) in [7, 11) is 0. The average molecular weight is 266 g/mol. The van der Waals surface area contributed by atoms with E-state index in [4.69, 9.17) is 12.2 Å². The molecule has 1 aromatic carbocycles. The molecule has 0 radical (unpaired) electrons. The Labute approximate surface area is 112 Å². The molecule has 1 heterocycles. The quantitative estimate of drug-likeness (QED) is 0.795. The van der Waals surface area contributed by atoms with Crippen molar-refractivity contribution in [1.82, 2.24) is 9.55 Å². The van der Waals surface area contributed by atoms with E-state index in [0.717, 1.165) is 17.5 Å². The van der Waals surface area contributed by atoms with E-state index in [1.165, 1.54) is 6.07 Å². The molecule has 0 aliphatic carbocycles. The normalized spacial score (nSPS) is 13.4. The van der Waals surface area contributed by atoms with Crippen LogP contribution in [-0.2, 0) is 0 Å². The fourth-order valence-corrected chi connectivity index (χ4v) is 2.86. The maximum atomic E-state index is 13.5. The van der Waals surface area contributed by atoms with Crippen molar-refractivity contribution in [1.29, 1.82) is 0 Å². The van der Waals surface area contributed by atoms with Gasteiger partial charge >= 0.3 is 0 Å². The number of nitrogens with zero attached hydrogens (tertiary/aromatic N) is 1. The van der Waals surface area contributed by atoms with Crippen molar-refractivity contribution >= 4 is 23.3 Å². The van der Waals surface area contributed by atoms with E-state index < -0.39 is 0 Å². The summed E-state index contributed by atoms with van der Waals surface area (Å²) in [5, 5.41) is 0. The lowest BCUT2D eigenvalue weighted by atomic mass is 10.0. The van der Waals surface area contributed by atoms with Crippen LogP contribution in [0, 0.1) is 23.4 Å². The smallest absolute Gasteiger partial charge is 0.178 e. The Morgan fingerprint density at radius 3 is 2.61 bits per heavy atom. The molecule has 2 rings (SSSR count). The van der Waals surface area contributed by atoms with Crippen molar-refractivity contribution in [2.24, 2.45) is 5.92 Å². The zero-order chi connectivity index (χ0) is 13.4. The molecule has 0 spiro atoms. The van der Waals surface area contributed by atoms with Gasteiger partial charge in [-0.05, 0) is 56.1 Å². The van der Waals surface area contributed by atoms with E-state index >= 15 is 0 Å². The lowest BCUT2D eigenvalue weighted by Gasteiger charge is -2.17. The molecule has 1 aromatic heterocycles. The van der Waals surface area contributed by atoms with Gasteiger partial charge < -0.3 is 9.55 Å². The molecular formula is C14H19FN2S. The third-order valence-electron chi connectivity index (χ3n) is 3.25. The third kappa shape index (κ3) is 2.34. The first-order valence-corrected chi connectivity index (χ1v) is 6.71. The topological polar surface area (TPSA) is 20.7 Å². The zero-order valence-electron chi connectivity index (χ0n) is 11.2. The minimum absolute atomic E-state index is 0.192. The van der Waals surface area contributed by atoms with Gasteiger partial charge in [-0.1, -0.05) is 13.8 Å². The number of benzene rings is 1. The molecular weight excluding hydrogens is 247 g/mol. The van der Waals surface area contributed by atoms with Gasteiger partial charge in [0.2, 0.25) is 0 Å². The number of rotatable bonds is 3. The summed E-state index contributed by atoms with van der Waals surface area (Å²) in [6, 6.07) is 3.71. The molecule has 2 aromatic rings. The Balaban J connectivity index is 2.60. The Morgan fingerprint density at radius 1 is 1.33 bits per heavy atom. The van der Waals surface area contributed by atoms with Gasteiger partial charge in [0.15, 0.2) is 4.77 Å². The summed E-state index contributed by atoms with van der Waals surface area (Å²) < 4.78 is 16.3. The lowest BCUT2D eigenvalue weighted by Crippen LogP contribution is -2.08. The molecule has 0 fully saturated rings. The van der Waals surface area contributed by atoms with Gasteiger partial charge in [-0.2, -0.15) is 0 Å². The minimum atomic E-state index is -0.192. The van der Waals surface area contributed by atoms with Crippen LogP contribution in [0.1, 0.15) is 38.8 Å². The molecule has 18 heavy (non-hydrogen) atoms. The first-order valence-electron chi connectivity index (χ1n) is 6.30. The van der Waals surface area contributed by atoms with Gasteiger partial charge in [-0.25, -0.2) is 4.39 Å². The van der Waals surface area contributed by atoms with Crippen LogP contribution in [-0.4, -0.2) is 9.55 Å². The maximum absolute atomic E-state index is 13.5. The number of H-pyrrole nitrogens is 1. The highest BCUT2D eigenvalue weighted by atomic mass is 32.1. The third-order valence-corrected chi connectivity index (χ3v) is 3.55. The SMILES string of the molecule is Cc1cc2c(cc1F)[nH]c(=S)n2C(C)CC(C)C. The summed E-state index contributed by atoms with van der Waals surface area (Å²) in [5.74, 6) is 0.413. The molecule has 0 aliphatic heterocycles. The minimum Gasteiger partial charge on any atom is -0.330 e. The number of imidazole rings is 1. The van der Waals surface area contributed by atoms with Gasteiger partial charge in [0.1, 0.15) is 5.82 Å². The second-order valence-corrected chi connectivity index (χ2v) is 5.78. The number of hydrogen-bond acceptors (Lipinski definition) is 1. The van der Waals surface area contributed by atoms with Gasteiger partial charge in [-0.3, -0.25) is 0 Å². The van der Waals surface area contributed by atoms with Crippen LogP contribution < -0.4 is 0 Å². The summed E-state index contributed by atoms with van der Waals surface area (Å²) in [4.78, 5) is 3.09. The Kier molecular flexibility index (Phi) is 3.57. The number of hydrogen-bond donors (Lipinski definition) is 1. The van der Waals surface area contributed by atoms with E-state index in [2.05, 4.69) is 30.3 Å². The summed E-state index contributed by atoms with van der Waals surface area (Å²) in [6.45, 7) is 8.32. The van der Waals surface area contributed by atoms with E-state index in [0.29, 0.717) is 22.3 Å². The largest absolute Gasteiger partial charge is 0.330 e. The molecule has 2 nitrogen and oxygen atoms in total. The molecule has 0 bridgehead atoms. The van der Waals surface area contributed by atoms with E-state index in [1.807, 2.05) is 6.07 Å². The molecule has 98 valence electrons. The van der Waals surface area contributed by atoms with Crippen molar-refractivity contribution in [3.05, 3.63) is 28.3 Å². The molecule has 4 heteroatoms. The summed E-state index contributed by atoms with van der Waals surface area (Å²) >= 11 is 5.35. The van der Waals surface area contributed by atoms with Crippen molar-refractivity contribution in [2.45, 2.75) is 40.2 Å². The zero-order valence-corrected chi connectivity index (χ0v) is 12.1. The van der Waals surface area contributed by atoms with Crippen LogP contribution in [0.25, 0.3) is 11.0 Å². The van der Waals surface area contributed by atoms with Crippen molar-refractivity contribution in [2.75, 3.05) is 0 Å². The predicted octanol–water partition coefficient (Wildman–Crippen LogP) is 4.75. The van der Waals surface area contributed by atoms with Gasteiger partial charge in [0, 0.05) is 6.04 Å². The molecule has 0 saturated carbocycles. The molecule has 0 amide bonds. The molecule has 0 aliphatic rings. The average Bonchev–Trinajstić information content (AvgIpc) is 2.53. The highest BCUT2D eigenvalue weighted by molar-refractivity contribution is 7.71. The summed E-state index contributed by atoms with van der Waals surface area (Å²) in [6.07, 6.45) is 1.05. The Hall–Kier alpha value is -1.16. The lowest BCUT2D eigenvalue weighted by molar-refractivity contribution is 0.432. The van der Waals surface area contributed by atoms with Crippen LogP contribution in [0.5, 0.6) is 0 Å². The van der Waals surface area contributed by atoms with Crippen LogP contribution >= 0.6 is 12.2 Å². The standard InChI is InChI=1S/C14H19FN2S/c1-8(2)5-10(4)17-13-6-9(3)11(15)7-12(13)16-14(17)18/h6-8,10H,5H2,1-4H3,(H,16,18). The number of aryl methyl sites for hydroxylation is 1.